The number of ether oxygens (including phenoxy) is 1. The van der Waals surface area contributed by atoms with Gasteiger partial charge in [-0.2, -0.15) is 0 Å². The average Bonchev–Trinajstić information content (AvgIpc) is 2.71. The van der Waals surface area contributed by atoms with Crippen molar-refractivity contribution in [1.29, 1.82) is 0 Å². The van der Waals surface area contributed by atoms with E-state index in [0.29, 0.717) is 25.9 Å². The summed E-state index contributed by atoms with van der Waals surface area (Å²) in [6.07, 6.45) is 2.23. The summed E-state index contributed by atoms with van der Waals surface area (Å²) in [6, 6.07) is 7.39. The number of nitrogen functional groups attached to an aromatic ring is 1. The number of hydrogen-bond acceptors (Lipinski definition) is 6. The predicted molar refractivity (Wildman–Crippen MR) is 117 cm³/mol. The highest BCUT2D eigenvalue weighted by atomic mass is 32.2. The summed E-state index contributed by atoms with van der Waals surface area (Å²) in [5.74, 6) is 0.669. The van der Waals surface area contributed by atoms with Crippen molar-refractivity contribution in [3.8, 4) is 5.75 Å². The highest BCUT2D eigenvalue weighted by Crippen LogP contribution is 2.24. The molecule has 0 aliphatic carbocycles. The van der Waals surface area contributed by atoms with Gasteiger partial charge in [0.1, 0.15) is 11.6 Å². The Morgan fingerprint density at radius 1 is 1.21 bits per heavy atom. The number of rotatable bonds is 10. The minimum absolute atomic E-state index is 0.0273. The van der Waals surface area contributed by atoms with E-state index in [1.54, 1.807) is 7.11 Å². The van der Waals surface area contributed by atoms with Gasteiger partial charge in [0.15, 0.2) is 5.69 Å². The van der Waals surface area contributed by atoms with Gasteiger partial charge in [-0.1, -0.05) is 20.3 Å². The number of methoxy groups -OCH3 is 1. The third kappa shape index (κ3) is 5.66. The number of benzene rings is 1. The lowest BCUT2D eigenvalue weighted by atomic mass is 10.2. The van der Waals surface area contributed by atoms with Gasteiger partial charge in [0.25, 0.3) is 5.56 Å². The van der Waals surface area contributed by atoms with Crippen molar-refractivity contribution in [2.24, 2.45) is 0 Å². The fraction of sp³-hybridized carbons (Fsp3) is 0.450. The zero-order chi connectivity index (χ0) is 21.4. The Hall–Kier alpha value is -2.68. The zero-order valence-electron chi connectivity index (χ0n) is 17.1. The first-order chi connectivity index (χ1) is 13.9. The molecule has 2 rings (SSSR count). The summed E-state index contributed by atoms with van der Waals surface area (Å²) < 4.78 is 6.44. The number of carbonyl (C=O) groups is 1. The van der Waals surface area contributed by atoms with E-state index in [4.69, 9.17) is 10.5 Å². The number of carbonyl (C=O) groups excluding carboxylic acids is 1. The van der Waals surface area contributed by atoms with E-state index >= 15 is 0 Å². The molecule has 9 heteroatoms. The van der Waals surface area contributed by atoms with E-state index in [1.165, 1.54) is 21.2 Å². The number of anilines is 2. The summed E-state index contributed by atoms with van der Waals surface area (Å²) in [7, 11) is 1.59. The minimum atomic E-state index is -0.640. The summed E-state index contributed by atoms with van der Waals surface area (Å²) in [6.45, 7) is 4.63. The molecule has 1 aromatic carbocycles. The van der Waals surface area contributed by atoms with Crippen molar-refractivity contribution in [2.45, 2.75) is 44.6 Å². The third-order valence-corrected chi connectivity index (χ3v) is 5.39. The molecule has 0 aliphatic heterocycles. The van der Waals surface area contributed by atoms with Crippen molar-refractivity contribution in [3.63, 3.8) is 0 Å². The van der Waals surface area contributed by atoms with Gasteiger partial charge >= 0.3 is 5.69 Å². The number of thioether (sulfide) groups is 1. The molecule has 2 aromatic rings. The molecule has 0 spiro atoms. The van der Waals surface area contributed by atoms with Gasteiger partial charge in [-0.3, -0.25) is 19.1 Å². The Labute approximate surface area is 174 Å². The molecule has 0 fully saturated rings. The standard InChI is InChI=1S/C20H28N4O4S/c1-4-6-12-23(16(25)13-29-15-9-7-14(28-3)8-10-15)17-18(21)24(11-5-2)20(27)22-19(17)26/h7-10H,4-6,11-13,21H2,1-3H3,(H,22,26,27). The lowest BCUT2D eigenvalue weighted by Gasteiger charge is -2.24. The van der Waals surface area contributed by atoms with Gasteiger partial charge in [0.05, 0.1) is 12.9 Å². The molecule has 0 saturated carbocycles. The molecule has 1 heterocycles. The number of nitrogens with two attached hydrogens (primary N) is 1. The third-order valence-electron chi connectivity index (χ3n) is 4.39. The highest BCUT2D eigenvalue weighted by molar-refractivity contribution is 8.00. The van der Waals surface area contributed by atoms with Crippen LogP contribution < -0.4 is 26.6 Å². The van der Waals surface area contributed by atoms with Crippen molar-refractivity contribution < 1.29 is 9.53 Å². The van der Waals surface area contributed by atoms with Crippen molar-refractivity contribution >= 4 is 29.2 Å². The van der Waals surface area contributed by atoms with Crippen LogP contribution in [0.15, 0.2) is 38.8 Å². The fourth-order valence-electron chi connectivity index (χ4n) is 2.86. The summed E-state index contributed by atoms with van der Waals surface area (Å²) >= 11 is 1.37. The Balaban J connectivity index is 2.30. The van der Waals surface area contributed by atoms with Crippen LogP contribution in [0.1, 0.15) is 33.1 Å². The molecule has 158 valence electrons. The zero-order valence-corrected chi connectivity index (χ0v) is 17.9. The molecular formula is C20H28N4O4S. The quantitative estimate of drug-likeness (QED) is 0.571. The average molecular weight is 421 g/mol. The summed E-state index contributed by atoms with van der Waals surface area (Å²) in [5, 5.41) is 0. The second kappa shape index (κ2) is 10.8. The lowest BCUT2D eigenvalue weighted by molar-refractivity contribution is -0.116. The van der Waals surface area contributed by atoms with Gasteiger partial charge in [-0.25, -0.2) is 4.79 Å². The first-order valence-corrected chi connectivity index (χ1v) is 10.6. The number of hydrogen-bond donors (Lipinski definition) is 2. The number of nitrogens with zero attached hydrogens (tertiary/aromatic N) is 2. The number of unbranched alkanes of at least 4 members (excludes halogenated alkanes) is 1. The summed E-state index contributed by atoms with van der Waals surface area (Å²) in [4.78, 5) is 42.2. The molecule has 0 bridgehead atoms. The number of aromatic nitrogens is 2. The first kappa shape index (κ1) is 22.6. The van der Waals surface area contributed by atoms with Crippen LogP contribution in [-0.4, -0.2) is 34.9 Å². The summed E-state index contributed by atoms with van der Waals surface area (Å²) in [5.41, 5.74) is 5.00. The van der Waals surface area contributed by atoms with Crippen molar-refractivity contribution in [1.82, 2.24) is 9.55 Å². The van der Waals surface area contributed by atoms with Crippen LogP contribution >= 0.6 is 11.8 Å². The van der Waals surface area contributed by atoms with Crippen LogP contribution in [0.5, 0.6) is 5.75 Å². The van der Waals surface area contributed by atoms with Crippen LogP contribution in [0.2, 0.25) is 0 Å². The van der Waals surface area contributed by atoms with E-state index in [-0.39, 0.29) is 23.2 Å². The molecule has 8 nitrogen and oxygen atoms in total. The minimum Gasteiger partial charge on any atom is -0.497 e. The Morgan fingerprint density at radius 3 is 2.48 bits per heavy atom. The Bertz CT molecular complexity index is 937. The van der Waals surface area contributed by atoms with Crippen LogP contribution in [0.25, 0.3) is 0 Å². The number of amides is 1. The SMILES string of the molecule is CCCCN(C(=O)CSc1ccc(OC)cc1)c1c(N)n(CCC)c(=O)[nH]c1=O. The van der Waals surface area contributed by atoms with Gasteiger partial charge in [-0.05, 0) is 37.1 Å². The first-order valence-electron chi connectivity index (χ1n) is 9.62. The van der Waals surface area contributed by atoms with E-state index in [0.717, 1.165) is 17.1 Å². The molecule has 0 saturated heterocycles. The molecule has 29 heavy (non-hydrogen) atoms. The van der Waals surface area contributed by atoms with Crippen LogP contribution in [0.3, 0.4) is 0 Å². The smallest absolute Gasteiger partial charge is 0.330 e. The topological polar surface area (TPSA) is 110 Å². The van der Waals surface area contributed by atoms with Crippen LogP contribution in [0.4, 0.5) is 11.5 Å². The maximum absolute atomic E-state index is 13.0. The van der Waals surface area contributed by atoms with Gasteiger partial charge in [0, 0.05) is 18.0 Å². The van der Waals surface area contributed by atoms with Crippen LogP contribution in [0, 0.1) is 0 Å². The molecule has 0 radical (unpaired) electrons. The van der Waals surface area contributed by atoms with E-state index in [2.05, 4.69) is 4.98 Å². The van der Waals surface area contributed by atoms with Gasteiger partial charge in [-0.15, -0.1) is 11.8 Å². The molecule has 0 atom stereocenters. The van der Waals surface area contributed by atoms with Gasteiger partial charge in [0.2, 0.25) is 5.91 Å². The van der Waals surface area contributed by atoms with Gasteiger partial charge < -0.3 is 15.4 Å². The monoisotopic (exact) mass is 420 g/mol. The molecule has 0 unspecified atom stereocenters. The largest absolute Gasteiger partial charge is 0.497 e. The number of H-pyrrole nitrogens is 1. The molecule has 1 aromatic heterocycles. The van der Waals surface area contributed by atoms with E-state index in [9.17, 15) is 14.4 Å². The maximum atomic E-state index is 13.0. The van der Waals surface area contributed by atoms with Crippen molar-refractivity contribution in [3.05, 3.63) is 45.1 Å². The Morgan fingerprint density at radius 2 is 1.90 bits per heavy atom. The highest BCUT2D eigenvalue weighted by Gasteiger charge is 2.23. The van der Waals surface area contributed by atoms with E-state index in [1.807, 2.05) is 38.1 Å². The van der Waals surface area contributed by atoms with Crippen LogP contribution in [-0.2, 0) is 11.3 Å². The molecule has 1 amide bonds. The molecule has 3 N–H and O–H groups in total. The number of nitrogens with one attached hydrogen (secondary N) is 1. The molecule has 0 aliphatic rings. The second-order valence-electron chi connectivity index (χ2n) is 6.51. The normalized spacial score (nSPS) is 10.7. The maximum Gasteiger partial charge on any atom is 0.330 e. The Kier molecular flexibility index (Phi) is 8.38. The lowest BCUT2D eigenvalue weighted by Crippen LogP contribution is -2.42. The predicted octanol–water partition coefficient (Wildman–Crippen LogP) is 2.46. The van der Waals surface area contributed by atoms with Crippen molar-refractivity contribution in [2.75, 3.05) is 30.0 Å². The second-order valence-corrected chi connectivity index (χ2v) is 7.56. The fourth-order valence-corrected chi connectivity index (χ4v) is 3.63. The molecular weight excluding hydrogens is 392 g/mol. The number of aromatic amines is 1. The van der Waals surface area contributed by atoms with E-state index < -0.39 is 11.2 Å².